The summed E-state index contributed by atoms with van der Waals surface area (Å²) < 4.78 is 1.59. The lowest BCUT2D eigenvalue weighted by atomic mass is 10.00. The van der Waals surface area contributed by atoms with E-state index < -0.39 is 0 Å². The first kappa shape index (κ1) is 12.7. The van der Waals surface area contributed by atoms with Gasteiger partial charge >= 0.3 is 0 Å². The van der Waals surface area contributed by atoms with Gasteiger partial charge in [0.05, 0.1) is 6.10 Å². The minimum absolute atomic E-state index is 0.118. The average molecular weight is 287 g/mol. The Morgan fingerprint density at radius 1 is 1.33 bits per heavy atom. The highest BCUT2D eigenvalue weighted by Crippen LogP contribution is 2.36. The predicted octanol–water partition coefficient (Wildman–Crippen LogP) is 0.561. The zero-order valence-corrected chi connectivity index (χ0v) is 11.8. The molecule has 110 valence electrons. The quantitative estimate of drug-likeness (QED) is 0.828. The van der Waals surface area contributed by atoms with Gasteiger partial charge in [-0.25, -0.2) is 9.50 Å². The molecule has 0 spiro atoms. The molecule has 7 heteroatoms. The van der Waals surface area contributed by atoms with Gasteiger partial charge in [0.2, 0.25) is 5.82 Å². The lowest BCUT2D eigenvalue weighted by Gasteiger charge is -2.36. The molecular weight excluding hydrogens is 270 g/mol. The minimum Gasteiger partial charge on any atom is -0.393 e. The van der Waals surface area contributed by atoms with E-state index in [1.807, 2.05) is 17.9 Å². The van der Waals surface area contributed by atoms with E-state index in [2.05, 4.69) is 15.1 Å². The SMILES string of the molecule is Cc1ccnc2nc(C(=O)N3C4CCC3CC(O)C4)nn12. The maximum absolute atomic E-state index is 12.7. The van der Waals surface area contributed by atoms with Crippen LogP contribution in [-0.2, 0) is 0 Å². The molecular formula is C14H17N5O2. The minimum atomic E-state index is -0.288. The molecule has 2 aliphatic heterocycles. The fraction of sp³-hybridized carbons (Fsp3) is 0.571. The molecule has 2 aromatic heterocycles. The first-order valence-corrected chi connectivity index (χ1v) is 7.32. The number of aliphatic hydroxyl groups excluding tert-OH is 1. The molecule has 1 amide bonds. The number of rotatable bonds is 1. The number of amides is 1. The van der Waals surface area contributed by atoms with Crippen LogP contribution in [0.5, 0.6) is 0 Å². The average Bonchev–Trinajstić information content (AvgIpc) is 2.99. The van der Waals surface area contributed by atoms with Crippen LogP contribution in [-0.4, -0.2) is 53.7 Å². The molecule has 0 saturated carbocycles. The number of aliphatic hydroxyl groups is 1. The summed E-state index contributed by atoms with van der Waals surface area (Å²) in [6.07, 6.45) is 4.61. The van der Waals surface area contributed by atoms with E-state index >= 15 is 0 Å². The van der Waals surface area contributed by atoms with Crippen LogP contribution in [0.3, 0.4) is 0 Å². The molecule has 4 heterocycles. The summed E-state index contributed by atoms with van der Waals surface area (Å²) in [7, 11) is 0. The van der Waals surface area contributed by atoms with E-state index in [1.54, 1.807) is 10.7 Å². The van der Waals surface area contributed by atoms with E-state index in [4.69, 9.17) is 0 Å². The Morgan fingerprint density at radius 2 is 2.05 bits per heavy atom. The molecule has 7 nitrogen and oxygen atoms in total. The Kier molecular flexibility index (Phi) is 2.72. The van der Waals surface area contributed by atoms with Gasteiger partial charge < -0.3 is 10.0 Å². The van der Waals surface area contributed by atoms with Crippen LogP contribution in [0.1, 0.15) is 42.0 Å². The molecule has 2 bridgehead atoms. The van der Waals surface area contributed by atoms with Crippen LogP contribution in [0.2, 0.25) is 0 Å². The lowest BCUT2D eigenvalue weighted by molar-refractivity contribution is 0.0278. The summed E-state index contributed by atoms with van der Waals surface area (Å²) in [6, 6.07) is 2.07. The Hall–Kier alpha value is -2.02. The summed E-state index contributed by atoms with van der Waals surface area (Å²) in [5.41, 5.74) is 0.892. The second-order valence-electron chi connectivity index (χ2n) is 5.96. The second-order valence-corrected chi connectivity index (χ2v) is 5.96. The van der Waals surface area contributed by atoms with Gasteiger partial charge in [-0.05, 0) is 38.7 Å². The van der Waals surface area contributed by atoms with Crippen molar-refractivity contribution in [1.29, 1.82) is 0 Å². The molecule has 0 aromatic carbocycles. The van der Waals surface area contributed by atoms with Crippen LogP contribution in [0.15, 0.2) is 12.3 Å². The van der Waals surface area contributed by atoms with Gasteiger partial charge in [-0.2, -0.15) is 4.98 Å². The fourth-order valence-corrected chi connectivity index (χ4v) is 3.59. The number of hydrogen-bond acceptors (Lipinski definition) is 5. The summed E-state index contributed by atoms with van der Waals surface area (Å²) in [4.78, 5) is 23.0. The predicted molar refractivity (Wildman–Crippen MR) is 73.7 cm³/mol. The maximum atomic E-state index is 12.7. The molecule has 2 fully saturated rings. The maximum Gasteiger partial charge on any atom is 0.294 e. The molecule has 2 aliphatic rings. The third-order valence-electron chi connectivity index (χ3n) is 4.56. The van der Waals surface area contributed by atoms with E-state index in [0.717, 1.165) is 18.5 Å². The zero-order chi connectivity index (χ0) is 14.6. The standard InChI is InChI=1S/C14H17N5O2/c1-8-4-5-15-14-16-12(17-19(8)14)13(21)18-9-2-3-10(18)7-11(20)6-9/h4-5,9-11,20H,2-3,6-7H2,1H3. The first-order valence-electron chi connectivity index (χ1n) is 7.32. The highest BCUT2D eigenvalue weighted by atomic mass is 16.3. The second kappa shape index (κ2) is 4.49. The Labute approximate surface area is 121 Å². The number of fused-ring (bicyclic) bond motifs is 3. The fourth-order valence-electron chi connectivity index (χ4n) is 3.59. The Morgan fingerprint density at radius 3 is 2.71 bits per heavy atom. The lowest BCUT2D eigenvalue weighted by Crippen LogP contribution is -2.48. The van der Waals surface area contributed by atoms with Gasteiger partial charge in [-0.3, -0.25) is 4.79 Å². The monoisotopic (exact) mass is 287 g/mol. The number of carbonyl (C=O) groups excluding carboxylic acids is 1. The van der Waals surface area contributed by atoms with Crippen molar-refractivity contribution >= 4 is 11.7 Å². The van der Waals surface area contributed by atoms with Crippen molar-refractivity contribution in [2.45, 2.75) is 50.8 Å². The number of piperidine rings is 1. The molecule has 2 unspecified atom stereocenters. The van der Waals surface area contributed by atoms with E-state index in [0.29, 0.717) is 18.6 Å². The smallest absolute Gasteiger partial charge is 0.294 e. The molecule has 2 saturated heterocycles. The Balaban J connectivity index is 1.69. The number of hydrogen-bond donors (Lipinski definition) is 1. The van der Waals surface area contributed by atoms with Crippen molar-refractivity contribution in [2.24, 2.45) is 0 Å². The largest absolute Gasteiger partial charge is 0.393 e. The van der Waals surface area contributed by atoms with Crippen molar-refractivity contribution in [3.63, 3.8) is 0 Å². The summed E-state index contributed by atoms with van der Waals surface area (Å²) in [5, 5.41) is 14.1. The summed E-state index contributed by atoms with van der Waals surface area (Å²) in [6.45, 7) is 1.90. The van der Waals surface area contributed by atoms with E-state index in [9.17, 15) is 9.90 Å². The molecule has 21 heavy (non-hydrogen) atoms. The van der Waals surface area contributed by atoms with Crippen molar-refractivity contribution < 1.29 is 9.90 Å². The number of aromatic nitrogens is 4. The van der Waals surface area contributed by atoms with Crippen molar-refractivity contribution in [1.82, 2.24) is 24.5 Å². The number of carbonyl (C=O) groups is 1. The van der Waals surface area contributed by atoms with Crippen LogP contribution < -0.4 is 0 Å². The molecule has 4 rings (SSSR count). The topological polar surface area (TPSA) is 83.6 Å². The van der Waals surface area contributed by atoms with E-state index in [-0.39, 0.29) is 29.9 Å². The van der Waals surface area contributed by atoms with Gasteiger partial charge in [0, 0.05) is 24.0 Å². The van der Waals surface area contributed by atoms with Crippen LogP contribution in [0.4, 0.5) is 0 Å². The molecule has 0 aliphatic carbocycles. The molecule has 0 radical (unpaired) electrons. The highest BCUT2D eigenvalue weighted by Gasteiger charge is 2.44. The van der Waals surface area contributed by atoms with Crippen LogP contribution >= 0.6 is 0 Å². The normalized spacial score (nSPS) is 28.3. The van der Waals surface area contributed by atoms with Gasteiger partial charge in [0.1, 0.15) is 0 Å². The van der Waals surface area contributed by atoms with Crippen LogP contribution in [0, 0.1) is 6.92 Å². The van der Waals surface area contributed by atoms with Crippen molar-refractivity contribution in [2.75, 3.05) is 0 Å². The van der Waals surface area contributed by atoms with Crippen LogP contribution in [0.25, 0.3) is 5.78 Å². The third-order valence-corrected chi connectivity index (χ3v) is 4.56. The van der Waals surface area contributed by atoms with Gasteiger partial charge in [-0.15, -0.1) is 5.10 Å². The van der Waals surface area contributed by atoms with Gasteiger partial charge in [0.25, 0.3) is 11.7 Å². The first-order chi connectivity index (χ1) is 10.1. The summed E-state index contributed by atoms with van der Waals surface area (Å²) >= 11 is 0. The highest BCUT2D eigenvalue weighted by molar-refractivity contribution is 5.91. The zero-order valence-electron chi connectivity index (χ0n) is 11.8. The van der Waals surface area contributed by atoms with Crippen molar-refractivity contribution in [3.05, 3.63) is 23.8 Å². The summed E-state index contributed by atoms with van der Waals surface area (Å²) in [5.74, 6) is 0.507. The Bertz CT molecular complexity index is 698. The molecule has 1 N–H and O–H groups in total. The molecule has 2 aromatic rings. The number of nitrogens with zero attached hydrogens (tertiary/aromatic N) is 5. The van der Waals surface area contributed by atoms with Crippen molar-refractivity contribution in [3.8, 4) is 0 Å². The third kappa shape index (κ3) is 1.91. The van der Waals surface area contributed by atoms with E-state index in [1.165, 1.54) is 0 Å². The number of aryl methyl sites for hydroxylation is 1. The molecule has 2 atom stereocenters. The van der Waals surface area contributed by atoms with Gasteiger partial charge in [0.15, 0.2) is 0 Å². The van der Waals surface area contributed by atoms with Gasteiger partial charge in [-0.1, -0.05) is 0 Å².